The molecule has 10 nitrogen and oxygen atoms in total. The van der Waals surface area contributed by atoms with Crippen molar-refractivity contribution in [2.45, 2.75) is 18.9 Å². The third-order valence-electron chi connectivity index (χ3n) is 7.85. The summed E-state index contributed by atoms with van der Waals surface area (Å²) in [5, 5.41) is 5.79. The second kappa shape index (κ2) is 11.3. The van der Waals surface area contributed by atoms with Crippen LogP contribution in [0.3, 0.4) is 0 Å². The lowest BCUT2D eigenvalue weighted by Crippen LogP contribution is -2.47. The summed E-state index contributed by atoms with van der Waals surface area (Å²) in [6, 6.07) is 20.4. The summed E-state index contributed by atoms with van der Waals surface area (Å²) in [5.74, 6) is -0.917. The van der Waals surface area contributed by atoms with Crippen molar-refractivity contribution in [1.29, 1.82) is 0 Å². The molecule has 0 saturated carbocycles. The minimum atomic E-state index is -0.564. The highest BCUT2D eigenvalue weighted by atomic mass is 16.5. The van der Waals surface area contributed by atoms with Crippen LogP contribution >= 0.6 is 0 Å². The van der Waals surface area contributed by atoms with Crippen LogP contribution in [0.2, 0.25) is 0 Å². The maximum Gasteiger partial charge on any atom is 0.339 e. The van der Waals surface area contributed by atoms with Gasteiger partial charge in [0.1, 0.15) is 0 Å². The van der Waals surface area contributed by atoms with E-state index in [9.17, 15) is 19.2 Å². The fourth-order valence-corrected chi connectivity index (χ4v) is 5.92. The lowest BCUT2D eigenvalue weighted by Gasteiger charge is -2.44. The number of amides is 2. The van der Waals surface area contributed by atoms with Crippen molar-refractivity contribution < 1.29 is 19.1 Å². The number of carbonyl (C=O) groups excluding carboxylic acids is 3. The van der Waals surface area contributed by atoms with Crippen LogP contribution in [-0.4, -0.2) is 47.5 Å². The Hall–Kier alpha value is -5.25. The summed E-state index contributed by atoms with van der Waals surface area (Å²) in [6.45, 7) is 2.00. The Morgan fingerprint density at radius 1 is 0.833 bits per heavy atom. The summed E-state index contributed by atoms with van der Waals surface area (Å²) in [6.07, 6.45) is 4.08. The molecule has 0 aliphatic carbocycles. The molecular formula is C32H29N5O5. The van der Waals surface area contributed by atoms with Gasteiger partial charge in [-0.15, -0.1) is 0 Å². The van der Waals surface area contributed by atoms with E-state index in [1.165, 1.54) is 7.11 Å². The lowest BCUT2D eigenvalue weighted by molar-refractivity contribution is 0.0601. The van der Waals surface area contributed by atoms with Gasteiger partial charge in [0.25, 0.3) is 17.4 Å². The molecule has 0 spiro atoms. The molecule has 2 atom stereocenters. The second-order valence-corrected chi connectivity index (χ2v) is 10.5. The molecule has 2 bridgehead atoms. The number of hydrogen-bond donors (Lipinski definition) is 2. The number of nitrogens with zero attached hydrogens (tertiary/aromatic N) is 3. The molecule has 2 aliphatic heterocycles. The number of esters is 1. The Balaban J connectivity index is 1.33. The largest absolute Gasteiger partial charge is 0.465 e. The van der Waals surface area contributed by atoms with Gasteiger partial charge in [0.15, 0.2) is 0 Å². The Morgan fingerprint density at radius 2 is 1.60 bits per heavy atom. The molecule has 4 heterocycles. The molecule has 0 radical (unpaired) electrons. The van der Waals surface area contributed by atoms with E-state index in [2.05, 4.69) is 20.5 Å². The average molecular weight is 564 g/mol. The highest BCUT2D eigenvalue weighted by Crippen LogP contribution is 2.39. The van der Waals surface area contributed by atoms with Crippen molar-refractivity contribution in [3.8, 4) is 0 Å². The third kappa shape index (κ3) is 5.26. The fourth-order valence-electron chi connectivity index (χ4n) is 5.92. The van der Waals surface area contributed by atoms with Crippen molar-refractivity contribution in [3.05, 3.63) is 118 Å². The molecule has 6 rings (SSSR count). The molecule has 1 fully saturated rings. The van der Waals surface area contributed by atoms with E-state index >= 15 is 0 Å². The number of para-hydroxylation sites is 1. The minimum absolute atomic E-state index is 0.0186. The average Bonchev–Trinajstić information content (AvgIpc) is 3.01. The van der Waals surface area contributed by atoms with Crippen LogP contribution < -0.4 is 21.1 Å². The monoisotopic (exact) mass is 563 g/mol. The smallest absolute Gasteiger partial charge is 0.339 e. The number of carbonyl (C=O) groups is 3. The zero-order valence-corrected chi connectivity index (χ0v) is 22.9. The van der Waals surface area contributed by atoms with E-state index in [-0.39, 0.29) is 28.9 Å². The molecule has 2 aliphatic rings. The van der Waals surface area contributed by atoms with Gasteiger partial charge in [-0.25, -0.2) is 4.79 Å². The number of aromatic nitrogens is 2. The van der Waals surface area contributed by atoms with Gasteiger partial charge in [0, 0.05) is 60.8 Å². The van der Waals surface area contributed by atoms with Crippen molar-refractivity contribution >= 4 is 34.8 Å². The predicted molar refractivity (Wildman–Crippen MR) is 158 cm³/mol. The predicted octanol–water partition coefficient (Wildman–Crippen LogP) is 4.16. The van der Waals surface area contributed by atoms with Gasteiger partial charge in [0.2, 0.25) is 0 Å². The third-order valence-corrected chi connectivity index (χ3v) is 7.85. The number of fused-ring (bicyclic) bond motifs is 4. The first kappa shape index (κ1) is 26.9. The standard InChI is InChI=1S/C32H29N5O5/c1-42-32(41)24-5-2-3-6-25(24)34-31(40)22-9-10-28(26(16-22)35-30(39)21-11-13-33-14-12-21)36-17-20-15-23(19-36)27-7-4-8-29(38)37(27)18-20/h2-14,16,20,23H,15,17-19H2,1H3,(H,34,40)(H,35,39). The van der Waals surface area contributed by atoms with Crippen LogP contribution in [0.15, 0.2) is 90.0 Å². The molecule has 4 aromatic rings. The number of benzene rings is 2. The van der Waals surface area contributed by atoms with Gasteiger partial charge in [-0.2, -0.15) is 0 Å². The lowest BCUT2D eigenvalue weighted by atomic mass is 9.83. The van der Waals surface area contributed by atoms with Crippen LogP contribution in [0, 0.1) is 5.92 Å². The van der Waals surface area contributed by atoms with Gasteiger partial charge < -0.3 is 24.8 Å². The summed E-state index contributed by atoms with van der Waals surface area (Å²) in [5.41, 5.74) is 3.59. The van der Waals surface area contributed by atoms with Crippen molar-refractivity contribution in [2.24, 2.45) is 5.92 Å². The Morgan fingerprint density at radius 3 is 2.40 bits per heavy atom. The van der Waals surface area contributed by atoms with Crippen molar-refractivity contribution in [1.82, 2.24) is 9.55 Å². The first-order chi connectivity index (χ1) is 20.4. The van der Waals surface area contributed by atoms with Crippen molar-refractivity contribution in [2.75, 3.05) is 35.7 Å². The normalized spacial score (nSPS) is 17.1. The Labute approximate surface area is 242 Å². The van der Waals surface area contributed by atoms with Gasteiger partial charge in [-0.05, 0) is 60.9 Å². The molecule has 42 heavy (non-hydrogen) atoms. The Bertz CT molecular complexity index is 1740. The van der Waals surface area contributed by atoms with Gasteiger partial charge in [0.05, 0.1) is 29.7 Å². The summed E-state index contributed by atoms with van der Waals surface area (Å²) < 4.78 is 6.72. The number of piperidine rings is 1. The van der Waals surface area contributed by atoms with Crippen LogP contribution in [0.25, 0.3) is 0 Å². The van der Waals surface area contributed by atoms with Crippen LogP contribution in [0.5, 0.6) is 0 Å². The highest BCUT2D eigenvalue weighted by Gasteiger charge is 2.35. The van der Waals surface area contributed by atoms with E-state index in [0.717, 1.165) is 17.8 Å². The zero-order chi connectivity index (χ0) is 29.2. The van der Waals surface area contributed by atoms with Crippen LogP contribution in [-0.2, 0) is 11.3 Å². The molecule has 2 aromatic heterocycles. The number of hydrogen-bond acceptors (Lipinski definition) is 7. The van der Waals surface area contributed by atoms with E-state index in [1.807, 2.05) is 16.7 Å². The molecule has 2 N–H and O–H groups in total. The molecule has 2 unspecified atom stereocenters. The number of ether oxygens (including phenoxy) is 1. The maximum absolute atomic E-state index is 13.4. The van der Waals surface area contributed by atoms with Gasteiger partial charge >= 0.3 is 5.97 Å². The zero-order valence-electron chi connectivity index (χ0n) is 22.9. The maximum atomic E-state index is 13.4. The van der Waals surface area contributed by atoms with Gasteiger partial charge in [-0.3, -0.25) is 19.4 Å². The fraction of sp³-hybridized carbons (Fsp3) is 0.219. The molecule has 10 heteroatoms. The molecular weight excluding hydrogens is 534 g/mol. The number of methoxy groups -OCH3 is 1. The SMILES string of the molecule is COC(=O)c1ccccc1NC(=O)c1ccc(N2CC3CC(C2)c2cccc(=O)n2C3)c(NC(=O)c2ccncc2)c1. The molecule has 1 saturated heterocycles. The van der Waals surface area contributed by atoms with Crippen LogP contribution in [0.1, 0.15) is 49.1 Å². The first-order valence-electron chi connectivity index (χ1n) is 13.7. The first-order valence-corrected chi connectivity index (χ1v) is 13.7. The second-order valence-electron chi connectivity index (χ2n) is 10.5. The summed E-state index contributed by atoms with van der Waals surface area (Å²) >= 11 is 0. The number of nitrogens with one attached hydrogen (secondary N) is 2. The molecule has 2 aromatic carbocycles. The van der Waals surface area contributed by atoms with Gasteiger partial charge in [-0.1, -0.05) is 18.2 Å². The van der Waals surface area contributed by atoms with E-state index in [0.29, 0.717) is 42.1 Å². The van der Waals surface area contributed by atoms with E-state index < -0.39 is 11.9 Å². The summed E-state index contributed by atoms with van der Waals surface area (Å²) in [7, 11) is 1.28. The van der Waals surface area contributed by atoms with E-state index in [1.54, 1.807) is 73.1 Å². The van der Waals surface area contributed by atoms with E-state index in [4.69, 9.17) is 4.74 Å². The summed E-state index contributed by atoms with van der Waals surface area (Å²) in [4.78, 5) is 57.5. The Kier molecular flexibility index (Phi) is 7.26. The molecule has 212 valence electrons. The number of anilines is 3. The highest BCUT2D eigenvalue weighted by molar-refractivity contribution is 6.10. The van der Waals surface area contributed by atoms with Crippen molar-refractivity contribution in [3.63, 3.8) is 0 Å². The number of pyridine rings is 2. The minimum Gasteiger partial charge on any atom is -0.465 e. The molecule has 2 amide bonds. The topological polar surface area (TPSA) is 123 Å². The number of rotatable bonds is 6. The quantitative estimate of drug-likeness (QED) is 0.338. The van der Waals surface area contributed by atoms with Crippen LogP contribution in [0.4, 0.5) is 17.1 Å².